The Labute approximate surface area is 94.5 Å². The van der Waals surface area contributed by atoms with Gasteiger partial charge in [0.15, 0.2) is 0 Å². The van der Waals surface area contributed by atoms with E-state index in [2.05, 4.69) is 0 Å². The van der Waals surface area contributed by atoms with Gasteiger partial charge < -0.3 is 10.0 Å². The van der Waals surface area contributed by atoms with Crippen molar-refractivity contribution in [3.63, 3.8) is 0 Å². The Morgan fingerprint density at radius 1 is 1.50 bits per heavy atom. The van der Waals surface area contributed by atoms with Crippen LogP contribution < -0.4 is 4.90 Å². The zero-order valence-corrected chi connectivity index (χ0v) is 9.48. The van der Waals surface area contributed by atoms with Crippen molar-refractivity contribution in [3.8, 4) is 0 Å². The fourth-order valence-electron chi connectivity index (χ4n) is 1.51. The standard InChI is InChI=1S/C12H16FNO2/c1-3-14(8-9(2)12(15)16)11-7-5-4-6-10(11)13/h4-7,9H,3,8H2,1-2H3,(H,15,16). The van der Waals surface area contributed by atoms with Crippen molar-refractivity contribution in [2.75, 3.05) is 18.0 Å². The van der Waals surface area contributed by atoms with E-state index < -0.39 is 11.9 Å². The van der Waals surface area contributed by atoms with Crippen LogP contribution in [-0.2, 0) is 4.79 Å². The summed E-state index contributed by atoms with van der Waals surface area (Å²) >= 11 is 0. The summed E-state index contributed by atoms with van der Waals surface area (Å²) in [6.07, 6.45) is 0. The monoisotopic (exact) mass is 225 g/mol. The first-order valence-corrected chi connectivity index (χ1v) is 5.28. The van der Waals surface area contributed by atoms with Crippen LogP contribution in [0, 0.1) is 11.7 Å². The van der Waals surface area contributed by atoms with Crippen molar-refractivity contribution in [3.05, 3.63) is 30.1 Å². The molecule has 0 heterocycles. The van der Waals surface area contributed by atoms with Crippen molar-refractivity contribution < 1.29 is 14.3 Å². The fraction of sp³-hybridized carbons (Fsp3) is 0.417. The maximum atomic E-state index is 13.5. The Hall–Kier alpha value is -1.58. The fourth-order valence-corrected chi connectivity index (χ4v) is 1.51. The van der Waals surface area contributed by atoms with Gasteiger partial charge in [0.2, 0.25) is 0 Å². The third-order valence-corrected chi connectivity index (χ3v) is 2.49. The molecule has 0 bridgehead atoms. The largest absolute Gasteiger partial charge is 0.481 e. The number of hydrogen-bond donors (Lipinski definition) is 1. The molecule has 3 nitrogen and oxygen atoms in total. The molecule has 1 N–H and O–H groups in total. The Bertz CT molecular complexity index is 368. The highest BCUT2D eigenvalue weighted by atomic mass is 19.1. The number of hydrogen-bond acceptors (Lipinski definition) is 2. The number of nitrogens with zero attached hydrogens (tertiary/aromatic N) is 1. The molecule has 0 amide bonds. The maximum absolute atomic E-state index is 13.5. The molecule has 1 unspecified atom stereocenters. The van der Waals surface area contributed by atoms with Crippen LogP contribution in [0.4, 0.5) is 10.1 Å². The summed E-state index contributed by atoms with van der Waals surface area (Å²) in [5, 5.41) is 8.82. The third-order valence-electron chi connectivity index (χ3n) is 2.49. The molecule has 1 rings (SSSR count). The minimum atomic E-state index is -0.866. The van der Waals surface area contributed by atoms with Gasteiger partial charge in [-0.15, -0.1) is 0 Å². The second-order valence-electron chi connectivity index (χ2n) is 3.73. The number of rotatable bonds is 5. The molecule has 1 aromatic carbocycles. The molecule has 0 saturated carbocycles. The molecule has 0 radical (unpaired) electrons. The van der Waals surface area contributed by atoms with Gasteiger partial charge >= 0.3 is 5.97 Å². The highest BCUT2D eigenvalue weighted by molar-refractivity contribution is 5.70. The second kappa shape index (κ2) is 5.49. The first-order valence-electron chi connectivity index (χ1n) is 5.28. The minimum Gasteiger partial charge on any atom is -0.481 e. The van der Waals surface area contributed by atoms with E-state index in [9.17, 15) is 9.18 Å². The molecule has 0 fully saturated rings. The van der Waals surface area contributed by atoms with E-state index in [1.54, 1.807) is 30.0 Å². The summed E-state index contributed by atoms with van der Waals surface area (Å²) in [6, 6.07) is 6.40. The molecule has 88 valence electrons. The second-order valence-corrected chi connectivity index (χ2v) is 3.73. The quantitative estimate of drug-likeness (QED) is 0.836. The van der Waals surface area contributed by atoms with Gasteiger partial charge in [-0.05, 0) is 19.1 Å². The summed E-state index contributed by atoms with van der Waals surface area (Å²) < 4.78 is 13.5. The van der Waals surface area contributed by atoms with Crippen LogP contribution in [0.3, 0.4) is 0 Å². The van der Waals surface area contributed by atoms with Crippen LogP contribution in [0.2, 0.25) is 0 Å². The van der Waals surface area contributed by atoms with Gasteiger partial charge in [0.05, 0.1) is 11.6 Å². The number of carboxylic acids is 1. The molecule has 0 aromatic heterocycles. The number of carboxylic acid groups (broad SMARTS) is 1. The average Bonchev–Trinajstić information content (AvgIpc) is 2.26. The zero-order valence-electron chi connectivity index (χ0n) is 9.48. The lowest BCUT2D eigenvalue weighted by Crippen LogP contribution is -2.32. The lowest BCUT2D eigenvalue weighted by Gasteiger charge is -2.25. The van der Waals surface area contributed by atoms with E-state index >= 15 is 0 Å². The van der Waals surface area contributed by atoms with Gasteiger partial charge in [-0.2, -0.15) is 0 Å². The SMILES string of the molecule is CCN(CC(C)C(=O)O)c1ccccc1F. The number of anilines is 1. The number of carbonyl (C=O) groups is 1. The Morgan fingerprint density at radius 3 is 2.62 bits per heavy atom. The molecule has 0 aliphatic carbocycles. The van der Waals surface area contributed by atoms with Crippen LogP contribution >= 0.6 is 0 Å². The highest BCUT2D eigenvalue weighted by Gasteiger charge is 2.17. The predicted octanol–water partition coefficient (Wildman–Crippen LogP) is 2.37. The zero-order chi connectivity index (χ0) is 12.1. The van der Waals surface area contributed by atoms with E-state index in [4.69, 9.17) is 5.11 Å². The Morgan fingerprint density at radius 2 is 2.12 bits per heavy atom. The first kappa shape index (κ1) is 12.5. The van der Waals surface area contributed by atoms with E-state index in [1.165, 1.54) is 6.07 Å². The normalized spacial score (nSPS) is 12.2. The number of aliphatic carboxylic acids is 1. The number of para-hydroxylation sites is 1. The van der Waals surface area contributed by atoms with Crippen LogP contribution in [0.15, 0.2) is 24.3 Å². The minimum absolute atomic E-state index is 0.312. The Balaban J connectivity index is 2.83. The lowest BCUT2D eigenvalue weighted by atomic mass is 10.1. The van der Waals surface area contributed by atoms with E-state index in [-0.39, 0.29) is 5.82 Å². The van der Waals surface area contributed by atoms with Gasteiger partial charge in [-0.25, -0.2) is 4.39 Å². The predicted molar refractivity (Wildman–Crippen MR) is 61.1 cm³/mol. The molecular weight excluding hydrogens is 209 g/mol. The molecule has 0 aliphatic heterocycles. The van der Waals surface area contributed by atoms with Gasteiger partial charge in [-0.3, -0.25) is 4.79 Å². The first-order chi connectivity index (χ1) is 7.56. The van der Waals surface area contributed by atoms with Crippen molar-refractivity contribution in [2.45, 2.75) is 13.8 Å². The summed E-state index contributed by atoms with van der Waals surface area (Å²) in [4.78, 5) is 12.5. The van der Waals surface area contributed by atoms with Crippen molar-refractivity contribution in [2.24, 2.45) is 5.92 Å². The summed E-state index contributed by atoms with van der Waals surface area (Å²) in [5.41, 5.74) is 0.457. The lowest BCUT2D eigenvalue weighted by molar-refractivity contribution is -0.140. The average molecular weight is 225 g/mol. The summed E-state index contributed by atoms with van der Waals surface area (Å²) in [7, 11) is 0. The van der Waals surface area contributed by atoms with Gasteiger partial charge in [0.1, 0.15) is 5.82 Å². The molecule has 1 atom stereocenters. The van der Waals surface area contributed by atoms with E-state index in [1.807, 2.05) is 6.92 Å². The van der Waals surface area contributed by atoms with Gasteiger partial charge in [0, 0.05) is 13.1 Å². The number of benzene rings is 1. The molecule has 1 aromatic rings. The maximum Gasteiger partial charge on any atom is 0.308 e. The van der Waals surface area contributed by atoms with Gasteiger partial charge in [-0.1, -0.05) is 19.1 Å². The smallest absolute Gasteiger partial charge is 0.308 e. The molecule has 0 saturated heterocycles. The van der Waals surface area contributed by atoms with Crippen LogP contribution in [0.1, 0.15) is 13.8 Å². The molecule has 16 heavy (non-hydrogen) atoms. The van der Waals surface area contributed by atoms with E-state index in [0.29, 0.717) is 18.8 Å². The molecular formula is C12H16FNO2. The molecule has 0 aliphatic rings. The van der Waals surface area contributed by atoms with Crippen LogP contribution in [0.25, 0.3) is 0 Å². The van der Waals surface area contributed by atoms with Crippen molar-refractivity contribution in [1.29, 1.82) is 0 Å². The topological polar surface area (TPSA) is 40.5 Å². The van der Waals surface area contributed by atoms with Crippen LogP contribution in [-0.4, -0.2) is 24.2 Å². The summed E-state index contributed by atoms with van der Waals surface area (Å²) in [5.74, 6) is -1.70. The Kier molecular flexibility index (Phi) is 4.28. The third kappa shape index (κ3) is 2.95. The summed E-state index contributed by atoms with van der Waals surface area (Å²) in [6.45, 7) is 4.39. The van der Waals surface area contributed by atoms with E-state index in [0.717, 1.165) is 0 Å². The number of halogens is 1. The molecule has 4 heteroatoms. The van der Waals surface area contributed by atoms with Gasteiger partial charge in [0.25, 0.3) is 0 Å². The highest BCUT2D eigenvalue weighted by Crippen LogP contribution is 2.19. The molecule has 0 spiro atoms. The van der Waals surface area contributed by atoms with Crippen molar-refractivity contribution >= 4 is 11.7 Å². The van der Waals surface area contributed by atoms with Crippen LogP contribution in [0.5, 0.6) is 0 Å². The van der Waals surface area contributed by atoms with Crippen molar-refractivity contribution in [1.82, 2.24) is 0 Å².